The highest BCUT2D eigenvalue weighted by atomic mass is 16.2. The SMILES string of the molecule is O=C(N[C@@H](Cc1ccccc1)c1ccccc1)c1nc(CCc2ccccc2)n(-c2ccccc2)n1. The first kappa shape index (κ1) is 23.2. The van der Waals surface area contributed by atoms with Gasteiger partial charge in [0.2, 0.25) is 5.82 Å². The van der Waals surface area contributed by atoms with Gasteiger partial charge in [-0.05, 0) is 41.7 Å². The molecular weight excluding hydrogens is 444 g/mol. The quantitative estimate of drug-likeness (QED) is 0.296. The average Bonchev–Trinajstić information content (AvgIpc) is 3.38. The van der Waals surface area contributed by atoms with E-state index in [9.17, 15) is 4.79 Å². The lowest BCUT2D eigenvalue weighted by molar-refractivity contribution is 0.0926. The van der Waals surface area contributed by atoms with Crippen molar-refractivity contribution in [2.75, 3.05) is 0 Å². The van der Waals surface area contributed by atoms with Gasteiger partial charge in [-0.2, -0.15) is 0 Å². The van der Waals surface area contributed by atoms with Crippen LogP contribution < -0.4 is 5.32 Å². The smallest absolute Gasteiger partial charge is 0.291 e. The molecule has 0 unspecified atom stereocenters. The molecule has 4 aromatic carbocycles. The summed E-state index contributed by atoms with van der Waals surface area (Å²) in [7, 11) is 0. The summed E-state index contributed by atoms with van der Waals surface area (Å²) in [6, 6.07) is 40.1. The monoisotopic (exact) mass is 472 g/mol. The van der Waals surface area contributed by atoms with Crippen LogP contribution in [-0.2, 0) is 19.3 Å². The Balaban J connectivity index is 1.41. The molecule has 5 heteroatoms. The molecule has 178 valence electrons. The maximum absolute atomic E-state index is 13.4. The number of amides is 1. The van der Waals surface area contributed by atoms with Crippen LogP contribution in [0.4, 0.5) is 0 Å². The summed E-state index contributed by atoms with van der Waals surface area (Å²) < 4.78 is 1.78. The summed E-state index contributed by atoms with van der Waals surface area (Å²) in [4.78, 5) is 18.1. The first-order chi connectivity index (χ1) is 17.8. The maximum atomic E-state index is 13.4. The highest BCUT2D eigenvalue weighted by Gasteiger charge is 2.22. The summed E-state index contributed by atoms with van der Waals surface area (Å²) >= 11 is 0. The highest BCUT2D eigenvalue weighted by Crippen LogP contribution is 2.20. The zero-order valence-corrected chi connectivity index (χ0v) is 20.0. The van der Waals surface area contributed by atoms with Gasteiger partial charge in [-0.25, -0.2) is 9.67 Å². The molecule has 0 spiro atoms. The number of benzene rings is 4. The second-order valence-electron chi connectivity index (χ2n) is 8.71. The van der Waals surface area contributed by atoms with E-state index in [-0.39, 0.29) is 17.8 Å². The van der Waals surface area contributed by atoms with E-state index in [0.29, 0.717) is 12.8 Å². The van der Waals surface area contributed by atoms with E-state index in [4.69, 9.17) is 4.98 Å². The fourth-order valence-electron chi connectivity index (χ4n) is 4.29. The molecule has 1 aromatic heterocycles. The second kappa shape index (κ2) is 11.3. The van der Waals surface area contributed by atoms with Crippen molar-refractivity contribution in [3.05, 3.63) is 150 Å². The standard InChI is InChI=1S/C31H28N4O/c36-31(32-28(26-17-9-3-10-18-26)23-25-15-7-2-8-16-25)30-33-29(22-21-24-13-5-1-6-14-24)35(34-30)27-19-11-4-12-20-27/h1-20,28H,21-23H2,(H,32,36)/t28-/m0/s1. The van der Waals surface area contributed by atoms with Crippen LogP contribution in [0.15, 0.2) is 121 Å². The van der Waals surface area contributed by atoms with E-state index < -0.39 is 0 Å². The third-order valence-corrected chi connectivity index (χ3v) is 6.15. The third kappa shape index (κ3) is 5.76. The fraction of sp³-hybridized carbons (Fsp3) is 0.129. The molecule has 1 N–H and O–H groups in total. The molecule has 0 bridgehead atoms. The number of hydrogen-bond donors (Lipinski definition) is 1. The molecule has 0 aliphatic heterocycles. The molecule has 5 rings (SSSR count). The van der Waals surface area contributed by atoms with Crippen molar-refractivity contribution in [1.29, 1.82) is 0 Å². The Morgan fingerprint density at radius 3 is 1.89 bits per heavy atom. The van der Waals surface area contributed by atoms with E-state index in [1.807, 2.05) is 97.1 Å². The molecule has 36 heavy (non-hydrogen) atoms. The summed E-state index contributed by atoms with van der Waals surface area (Å²) in [5, 5.41) is 7.83. The normalized spacial score (nSPS) is 11.7. The molecule has 1 heterocycles. The number of carbonyl (C=O) groups excluding carboxylic acids is 1. The number of hydrogen-bond acceptors (Lipinski definition) is 3. The lowest BCUT2D eigenvalue weighted by Gasteiger charge is -2.18. The molecule has 5 aromatic rings. The van der Waals surface area contributed by atoms with E-state index in [1.54, 1.807) is 4.68 Å². The Kier molecular flexibility index (Phi) is 7.28. The van der Waals surface area contributed by atoms with Crippen LogP contribution >= 0.6 is 0 Å². The van der Waals surface area contributed by atoms with Crippen molar-refractivity contribution in [3.63, 3.8) is 0 Å². The van der Waals surface area contributed by atoms with Crippen LogP contribution in [0.25, 0.3) is 5.69 Å². The maximum Gasteiger partial charge on any atom is 0.291 e. The Hall–Kier alpha value is -4.51. The summed E-state index contributed by atoms with van der Waals surface area (Å²) in [6.07, 6.45) is 2.16. The summed E-state index contributed by atoms with van der Waals surface area (Å²) in [5.74, 6) is 0.654. The Labute approximate surface area is 211 Å². The van der Waals surface area contributed by atoms with E-state index in [0.717, 1.165) is 29.1 Å². The van der Waals surface area contributed by atoms with Gasteiger partial charge in [0.25, 0.3) is 5.91 Å². The molecule has 0 saturated heterocycles. The fourth-order valence-corrected chi connectivity index (χ4v) is 4.29. The van der Waals surface area contributed by atoms with E-state index >= 15 is 0 Å². The van der Waals surface area contributed by atoms with Crippen LogP contribution in [0.3, 0.4) is 0 Å². The molecule has 0 fully saturated rings. The van der Waals surface area contributed by atoms with Gasteiger partial charge in [-0.15, -0.1) is 5.10 Å². The lowest BCUT2D eigenvalue weighted by atomic mass is 9.99. The Bertz CT molecular complexity index is 1380. The molecule has 5 nitrogen and oxygen atoms in total. The number of nitrogens with zero attached hydrogens (tertiary/aromatic N) is 3. The van der Waals surface area contributed by atoms with Crippen LogP contribution in [0.2, 0.25) is 0 Å². The van der Waals surface area contributed by atoms with Gasteiger partial charge in [0, 0.05) is 6.42 Å². The van der Waals surface area contributed by atoms with Gasteiger partial charge < -0.3 is 5.32 Å². The predicted molar refractivity (Wildman–Crippen MR) is 142 cm³/mol. The molecule has 0 radical (unpaired) electrons. The van der Waals surface area contributed by atoms with E-state index in [1.165, 1.54) is 5.56 Å². The lowest BCUT2D eigenvalue weighted by Crippen LogP contribution is -2.31. The van der Waals surface area contributed by atoms with Crippen molar-refractivity contribution in [3.8, 4) is 5.69 Å². The predicted octanol–water partition coefficient (Wildman–Crippen LogP) is 5.77. The zero-order chi connectivity index (χ0) is 24.6. The number of carbonyl (C=O) groups is 1. The first-order valence-corrected chi connectivity index (χ1v) is 12.2. The molecule has 0 saturated carbocycles. The van der Waals surface area contributed by atoms with E-state index in [2.05, 4.69) is 34.7 Å². The van der Waals surface area contributed by atoms with Gasteiger partial charge in [0.05, 0.1) is 11.7 Å². The zero-order valence-electron chi connectivity index (χ0n) is 20.0. The van der Waals surface area contributed by atoms with Crippen molar-refractivity contribution < 1.29 is 4.79 Å². The number of aromatic nitrogens is 3. The number of aryl methyl sites for hydroxylation is 2. The number of nitrogens with one attached hydrogen (secondary N) is 1. The molecule has 0 aliphatic carbocycles. The molecule has 0 aliphatic rings. The largest absolute Gasteiger partial charge is 0.342 e. The van der Waals surface area contributed by atoms with Crippen LogP contribution in [-0.4, -0.2) is 20.7 Å². The van der Waals surface area contributed by atoms with Crippen molar-refractivity contribution in [1.82, 2.24) is 20.1 Å². The first-order valence-electron chi connectivity index (χ1n) is 12.2. The van der Waals surface area contributed by atoms with Crippen molar-refractivity contribution in [2.45, 2.75) is 25.3 Å². The summed E-state index contributed by atoms with van der Waals surface area (Å²) in [6.45, 7) is 0. The van der Waals surface area contributed by atoms with Crippen molar-refractivity contribution in [2.24, 2.45) is 0 Å². The number of rotatable bonds is 9. The van der Waals surface area contributed by atoms with Crippen LogP contribution in [0.1, 0.15) is 39.2 Å². The topological polar surface area (TPSA) is 59.8 Å². The molecule has 1 atom stereocenters. The van der Waals surface area contributed by atoms with Gasteiger partial charge in [-0.1, -0.05) is 109 Å². The minimum Gasteiger partial charge on any atom is -0.342 e. The average molecular weight is 473 g/mol. The molecule has 1 amide bonds. The molecular formula is C31H28N4O. The van der Waals surface area contributed by atoms with Crippen LogP contribution in [0, 0.1) is 0 Å². The van der Waals surface area contributed by atoms with Gasteiger partial charge in [0.15, 0.2) is 0 Å². The second-order valence-corrected chi connectivity index (χ2v) is 8.71. The van der Waals surface area contributed by atoms with Crippen LogP contribution in [0.5, 0.6) is 0 Å². The van der Waals surface area contributed by atoms with Crippen molar-refractivity contribution >= 4 is 5.91 Å². The van der Waals surface area contributed by atoms with Gasteiger partial charge in [-0.3, -0.25) is 4.79 Å². The minimum absolute atomic E-state index is 0.177. The number of para-hydroxylation sites is 1. The minimum atomic E-state index is -0.282. The summed E-state index contributed by atoms with van der Waals surface area (Å²) in [5.41, 5.74) is 4.30. The third-order valence-electron chi connectivity index (χ3n) is 6.15. The Morgan fingerprint density at radius 1 is 0.694 bits per heavy atom. The highest BCUT2D eigenvalue weighted by molar-refractivity contribution is 5.90. The Morgan fingerprint density at radius 2 is 1.25 bits per heavy atom. The van der Waals surface area contributed by atoms with Gasteiger partial charge in [0.1, 0.15) is 5.82 Å². The van der Waals surface area contributed by atoms with Gasteiger partial charge >= 0.3 is 0 Å².